The standard InChI is InChI=1S/C25H30O4/c1-16(2)10-13-20-19(15-12-18-8-6-5-7-9-18)22(25(28)29)24(27)21(23(20)26)14-11-17(3)4/h5-11,26-27H,12-15H2,1-4H3,(H,28,29). The zero-order valence-corrected chi connectivity index (χ0v) is 17.6. The number of carbonyl (C=O) groups is 1. The number of hydrogen-bond acceptors (Lipinski definition) is 3. The molecule has 0 aliphatic heterocycles. The van der Waals surface area contributed by atoms with Gasteiger partial charge in [0.1, 0.15) is 17.1 Å². The highest BCUT2D eigenvalue weighted by molar-refractivity contribution is 5.94. The van der Waals surface area contributed by atoms with Gasteiger partial charge < -0.3 is 15.3 Å². The minimum Gasteiger partial charge on any atom is -0.507 e. The van der Waals surface area contributed by atoms with E-state index in [0.29, 0.717) is 30.4 Å². The van der Waals surface area contributed by atoms with Gasteiger partial charge in [-0.05, 0) is 64.5 Å². The summed E-state index contributed by atoms with van der Waals surface area (Å²) in [7, 11) is 0. The summed E-state index contributed by atoms with van der Waals surface area (Å²) >= 11 is 0. The summed E-state index contributed by atoms with van der Waals surface area (Å²) in [4.78, 5) is 12.1. The Hall–Kier alpha value is -3.01. The summed E-state index contributed by atoms with van der Waals surface area (Å²) in [5.41, 5.74) is 4.42. The Morgan fingerprint density at radius 1 is 0.793 bits per heavy atom. The molecule has 0 heterocycles. The number of benzene rings is 2. The summed E-state index contributed by atoms with van der Waals surface area (Å²) in [6, 6.07) is 9.78. The minimum absolute atomic E-state index is 0.00874. The van der Waals surface area contributed by atoms with E-state index in [4.69, 9.17) is 0 Å². The lowest BCUT2D eigenvalue weighted by atomic mass is 9.88. The van der Waals surface area contributed by atoms with Crippen molar-refractivity contribution in [2.75, 3.05) is 0 Å². The van der Waals surface area contributed by atoms with Crippen LogP contribution in [0.25, 0.3) is 0 Å². The number of phenolic OH excluding ortho intramolecular Hbond substituents is 1. The molecule has 3 N–H and O–H groups in total. The molecule has 0 fully saturated rings. The first-order valence-electron chi connectivity index (χ1n) is 9.84. The third-order valence-corrected chi connectivity index (χ3v) is 4.91. The molecule has 0 amide bonds. The fraction of sp³-hybridized carbons (Fsp3) is 0.320. The van der Waals surface area contributed by atoms with Crippen LogP contribution >= 0.6 is 0 Å². The lowest BCUT2D eigenvalue weighted by Crippen LogP contribution is -2.10. The second-order valence-corrected chi connectivity index (χ2v) is 7.77. The molecule has 0 atom stereocenters. The van der Waals surface area contributed by atoms with Crippen molar-refractivity contribution in [2.45, 2.75) is 53.4 Å². The predicted molar refractivity (Wildman–Crippen MR) is 117 cm³/mol. The molecule has 0 bridgehead atoms. The largest absolute Gasteiger partial charge is 0.507 e. The highest BCUT2D eigenvalue weighted by Gasteiger charge is 2.26. The molecule has 0 saturated carbocycles. The van der Waals surface area contributed by atoms with Crippen LogP contribution in [0.15, 0.2) is 53.6 Å². The minimum atomic E-state index is -1.18. The maximum atomic E-state index is 12.1. The van der Waals surface area contributed by atoms with Gasteiger partial charge in [0, 0.05) is 11.1 Å². The lowest BCUT2D eigenvalue weighted by Gasteiger charge is -2.19. The predicted octanol–water partition coefficient (Wildman–Crippen LogP) is 5.60. The molecule has 0 aromatic heterocycles. The van der Waals surface area contributed by atoms with Gasteiger partial charge in [-0.1, -0.05) is 53.6 Å². The number of carboxylic acids is 1. The molecule has 154 valence electrons. The van der Waals surface area contributed by atoms with Gasteiger partial charge in [0.25, 0.3) is 0 Å². The Bertz CT molecular complexity index is 929. The van der Waals surface area contributed by atoms with Crippen molar-refractivity contribution in [1.82, 2.24) is 0 Å². The van der Waals surface area contributed by atoms with Gasteiger partial charge in [-0.25, -0.2) is 4.79 Å². The Labute approximate surface area is 172 Å². The molecule has 0 saturated heterocycles. The molecule has 4 nitrogen and oxygen atoms in total. The van der Waals surface area contributed by atoms with Crippen molar-refractivity contribution in [3.63, 3.8) is 0 Å². The van der Waals surface area contributed by atoms with Gasteiger partial charge >= 0.3 is 5.97 Å². The maximum absolute atomic E-state index is 12.1. The van der Waals surface area contributed by atoms with Gasteiger partial charge in [-0.3, -0.25) is 0 Å². The van der Waals surface area contributed by atoms with Crippen molar-refractivity contribution in [3.8, 4) is 11.5 Å². The summed E-state index contributed by atoms with van der Waals surface area (Å²) in [6.07, 6.45) is 5.57. The number of aromatic hydroxyl groups is 2. The molecule has 4 heteroatoms. The van der Waals surface area contributed by atoms with Crippen LogP contribution in [0.2, 0.25) is 0 Å². The fourth-order valence-corrected chi connectivity index (χ4v) is 3.33. The van der Waals surface area contributed by atoms with E-state index in [1.165, 1.54) is 0 Å². The third-order valence-electron chi connectivity index (χ3n) is 4.91. The fourth-order valence-electron chi connectivity index (χ4n) is 3.33. The molecular weight excluding hydrogens is 364 g/mol. The van der Waals surface area contributed by atoms with E-state index in [1.54, 1.807) is 0 Å². The van der Waals surface area contributed by atoms with E-state index >= 15 is 0 Å². The van der Waals surface area contributed by atoms with E-state index in [0.717, 1.165) is 16.7 Å². The van der Waals surface area contributed by atoms with Crippen molar-refractivity contribution in [1.29, 1.82) is 0 Å². The molecular formula is C25H30O4. The quantitative estimate of drug-likeness (QED) is 0.509. The van der Waals surface area contributed by atoms with Crippen molar-refractivity contribution in [3.05, 3.63) is 81.4 Å². The molecule has 2 aromatic carbocycles. The first-order valence-corrected chi connectivity index (χ1v) is 9.84. The summed E-state index contributed by atoms with van der Waals surface area (Å²) in [5.74, 6) is -1.52. The van der Waals surface area contributed by atoms with E-state index < -0.39 is 5.97 Å². The van der Waals surface area contributed by atoms with E-state index in [2.05, 4.69) is 0 Å². The number of rotatable bonds is 8. The van der Waals surface area contributed by atoms with Crippen LogP contribution in [0.3, 0.4) is 0 Å². The second kappa shape index (κ2) is 9.97. The Kier molecular flexibility index (Phi) is 7.66. The van der Waals surface area contributed by atoms with Crippen LogP contribution < -0.4 is 0 Å². The second-order valence-electron chi connectivity index (χ2n) is 7.77. The summed E-state index contributed by atoms with van der Waals surface area (Å²) in [5, 5.41) is 31.6. The van der Waals surface area contributed by atoms with Gasteiger partial charge in [0.15, 0.2) is 0 Å². The van der Waals surface area contributed by atoms with Crippen LogP contribution in [0, 0.1) is 0 Å². The zero-order chi connectivity index (χ0) is 21.6. The molecule has 0 aliphatic carbocycles. The van der Waals surface area contributed by atoms with Crippen LogP contribution in [0.5, 0.6) is 11.5 Å². The van der Waals surface area contributed by atoms with E-state index in [1.807, 2.05) is 70.2 Å². The molecule has 29 heavy (non-hydrogen) atoms. The highest BCUT2D eigenvalue weighted by Crippen LogP contribution is 2.40. The number of allylic oxidation sites excluding steroid dienone is 4. The van der Waals surface area contributed by atoms with Crippen LogP contribution in [-0.4, -0.2) is 21.3 Å². The summed E-state index contributed by atoms with van der Waals surface area (Å²) < 4.78 is 0. The molecule has 0 spiro atoms. The Morgan fingerprint density at radius 2 is 1.34 bits per heavy atom. The number of phenols is 2. The summed E-state index contributed by atoms with van der Waals surface area (Å²) in [6.45, 7) is 7.77. The average molecular weight is 395 g/mol. The Balaban J connectivity index is 2.64. The molecule has 2 aromatic rings. The van der Waals surface area contributed by atoms with Gasteiger partial charge in [0.2, 0.25) is 0 Å². The lowest BCUT2D eigenvalue weighted by molar-refractivity contribution is 0.0692. The number of hydrogen-bond donors (Lipinski definition) is 3. The number of aryl methyl sites for hydroxylation is 1. The van der Waals surface area contributed by atoms with E-state index in [-0.39, 0.29) is 29.0 Å². The Morgan fingerprint density at radius 3 is 1.86 bits per heavy atom. The normalized spacial score (nSPS) is 10.5. The third kappa shape index (κ3) is 5.74. The molecule has 2 rings (SSSR count). The smallest absolute Gasteiger partial charge is 0.339 e. The van der Waals surface area contributed by atoms with Gasteiger partial charge in [-0.2, -0.15) is 0 Å². The van der Waals surface area contributed by atoms with Crippen molar-refractivity contribution >= 4 is 5.97 Å². The average Bonchev–Trinajstić information content (AvgIpc) is 2.65. The van der Waals surface area contributed by atoms with Gasteiger partial charge in [-0.15, -0.1) is 0 Å². The molecule has 0 radical (unpaired) electrons. The molecule has 0 unspecified atom stereocenters. The topological polar surface area (TPSA) is 77.8 Å². The molecule has 0 aliphatic rings. The van der Waals surface area contributed by atoms with Crippen LogP contribution in [0.1, 0.15) is 60.3 Å². The van der Waals surface area contributed by atoms with Crippen LogP contribution in [-0.2, 0) is 25.7 Å². The highest BCUT2D eigenvalue weighted by atomic mass is 16.4. The zero-order valence-electron chi connectivity index (χ0n) is 17.6. The monoisotopic (exact) mass is 394 g/mol. The maximum Gasteiger partial charge on any atom is 0.339 e. The van der Waals surface area contributed by atoms with E-state index in [9.17, 15) is 20.1 Å². The van der Waals surface area contributed by atoms with Crippen molar-refractivity contribution < 1.29 is 20.1 Å². The first-order chi connectivity index (χ1) is 13.7. The SMILES string of the molecule is CC(C)=CCc1c(O)c(CC=C(C)C)c(CCc2ccccc2)c(C(=O)O)c1O. The first kappa shape index (κ1) is 22.3. The number of carboxylic acid groups (broad SMARTS) is 1. The van der Waals surface area contributed by atoms with Gasteiger partial charge in [0.05, 0.1) is 0 Å². The van der Waals surface area contributed by atoms with Crippen LogP contribution in [0.4, 0.5) is 0 Å². The van der Waals surface area contributed by atoms with Crippen molar-refractivity contribution in [2.24, 2.45) is 0 Å². The number of aromatic carboxylic acids is 1.